The number of esters is 1. The van der Waals surface area contributed by atoms with Gasteiger partial charge in [-0.2, -0.15) is 0 Å². The average molecular weight is 329 g/mol. The number of carbonyl (C=O) groups excluding carboxylic acids is 2. The van der Waals surface area contributed by atoms with Crippen LogP contribution in [0.5, 0.6) is 11.5 Å². The first-order valence-corrected chi connectivity index (χ1v) is 7.43. The van der Waals surface area contributed by atoms with Crippen LogP contribution in [0.15, 0.2) is 48.5 Å². The molecule has 0 spiro atoms. The number of hydrogen-bond donors (Lipinski definition) is 1. The van der Waals surface area contributed by atoms with Gasteiger partial charge in [-0.15, -0.1) is 0 Å². The zero-order valence-corrected chi connectivity index (χ0v) is 13.5. The maximum Gasteiger partial charge on any atom is 0.339 e. The molecule has 6 heteroatoms. The van der Waals surface area contributed by atoms with Crippen molar-refractivity contribution < 1.29 is 23.8 Å². The summed E-state index contributed by atoms with van der Waals surface area (Å²) in [7, 11) is 1.51. The van der Waals surface area contributed by atoms with Gasteiger partial charge in [0.2, 0.25) is 6.10 Å². The first kappa shape index (κ1) is 17.3. The van der Waals surface area contributed by atoms with E-state index in [1.165, 1.54) is 19.2 Å². The highest BCUT2D eigenvalue weighted by Crippen LogP contribution is 2.29. The van der Waals surface area contributed by atoms with E-state index in [1.54, 1.807) is 36.4 Å². The molecule has 0 heterocycles. The van der Waals surface area contributed by atoms with Crippen molar-refractivity contribution in [1.29, 1.82) is 0 Å². The van der Waals surface area contributed by atoms with Gasteiger partial charge >= 0.3 is 5.97 Å². The monoisotopic (exact) mass is 329 g/mol. The normalized spacial score (nSPS) is 11.4. The molecule has 0 aromatic heterocycles. The molecule has 0 saturated heterocycles. The molecule has 0 radical (unpaired) electrons. The average Bonchev–Trinajstić information content (AvgIpc) is 2.60. The number of amides is 1. The van der Waals surface area contributed by atoms with Crippen LogP contribution in [0.3, 0.4) is 0 Å². The molecule has 2 aromatic carbocycles. The molecular weight excluding hydrogens is 310 g/mol. The Morgan fingerprint density at radius 2 is 1.79 bits per heavy atom. The number of rotatable bonds is 7. The molecule has 1 unspecified atom stereocenters. The molecular formula is C18H19NO5. The van der Waals surface area contributed by atoms with Crippen LogP contribution in [0.2, 0.25) is 0 Å². The topological polar surface area (TPSA) is 87.9 Å². The molecule has 1 amide bonds. The summed E-state index contributed by atoms with van der Waals surface area (Å²) in [5.74, 6) is -0.493. The van der Waals surface area contributed by atoms with Crippen LogP contribution in [0.1, 0.15) is 28.9 Å². The van der Waals surface area contributed by atoms with Gasteiger partial charge in [-0.25, -0.2) is 4.79 Å². The van der Waals surface area contributed by atoms with Crippen LogP contribution in [-0.4, -0.2) is 25.6 Å². The second kappa shape index (κ2) is 8.01. The highest BCUT2D eigenvalue weighted by molar-refractivity contribution is 5.93. The molecule has 0 saturated carbocycles. The third-order valence-electron chi connectivity index (χ3n) is 3.28. The number of methoxy groups -OCH3 is 1. The van der Waals surface area contributed by atoms with Crippen molar-refractivity contribution in [3.05, 3.63) is 59.7 Å². The molecule has 6 nitrogen and oxygen atoms in total. The highest BCUT2D eigenvalue weighted by Gasteiger charge is 2.23. The van der Waals surface area contributed by atoms with Crippen LogP contribution < -0.4 is 15.2 Å². The highest BCUT2D eigenvalue weighted by atomic mass is 16.5. The molecule has 2 aromatic rings. The Morgan fingerprint density at radius 3 is 2.38 bits per heavy atom. The Bertz CT molecular complexity index is 715. The second-order valence-corrected chi connectivity index (χ2v) is 4.90. The van der Waals surface area contributed by atoms with Gasteiger partial charge < -0.3 is 19.9 Å². The number of ether oxygens (including phenoxy) is 3. The summed E-state index contributed by atoms with van der Waals surface area (Å²) < 4.78 is 15.9. The lowest BCUT2D eigenvalue weighted by Crippen LogP contribution is -2.26. The number of carbonyl (C=O) groups is 2. The fourth-order valence-corrected chi connectivity index (χ4v) is 2.17. The molecule has 0 aliphatic rings. The van der Waals surface area contributed by atoms with E-state index in [4.69, 9.17) is 19.9 Å². The quantitative estimate of drug-likeness (QED) is 0.788. The van der Waals surface area contributed by atoms with Gasteiger partial charge in [0.05, 0.1) is 19.3 Å². The number of hydrogen-bond acceptors (Lipinski definition) is 5. The minimum Gasteiger partial charge on any atom is -0.493 e. The van der Waals surface area contributed by atoms with E-state index in [-0.39, 0.29) is 5.56 Å². The van der Waals surface area contributed by atoms with Crippen molar-refractivity contribution in [2.24, 2.45) is 5.73 Å². The summed E-state index contributed by atoms with van der Waals surface area (Å²) in [5, 5.41) is 0. The molecule has 0 aliphatic heterocycles. The fourth-order valence-electron chi connectivity index (χ4n) is 2.17. The largest absolute Gasteiger partial charge is 0.493 e. The summed E-state index contributed by atoms with van der Waals surface area (Å²) in [5.41, 5.74) is 6.11. The smallest absolute Gasteiger partial charge is 0.339 e. The van der Waals surface area contributed by atoms with E-state index in [1.807, 2.05) is 6.92 Å². The molecule has 0 fully saturated rings. The molecule has 126 valence electrons. The third-order valence-corrected chi connectivity index (χ3v) is 3.28. The van der Waals surface area contributed by atoms with Gasteiger partial charge in [-0.05, 0) is 25.1 Å². The summed E-state index contributed by atoms with van der Waals surface area (Å²) in [6, 6.07) is 13.2. The Labute approximate surface area is 140 Å². The molecule has 2 rings (SSSR count). The standard InChI is InChI=1S/C18H19NO5/c1-3-23-15-11-13(9-10-14(15)22-2)18(21)24-16(17(19)20)12-7-5-4-6-8-12/h4-11,16H,3H2,1-2H3,(H2,19,20). The van der Waals surface area contributed by atoms with E-state index >= 15 is 0 Å². The van der Waals surface area contributed by atoms with Crippen molar-refractivity contribution in [3.63, 3.8) is 0 Å². The molecule has 0 bridgehead atoms. The SMILES string of the molecule is CCOc1cc(C(=O)OC(C(N)=O)c2ccccc2)ccc1OC. The van der Waals surface area contributed by atoms with Crippen LogP contribution >= 0.6 is 0 Å². The maximum absolute atomic E-state index is 12.4. The fraction of sp³-hybridized carbons (Fsp3) is 0.222. The Kier molecular flexibility index (Phi) is 5.78. The molecule has 0 aliphatic carbocycles. The first-order chi connectivity index (χ1) is 11.6. The van der Waals surface area contributed by atoms with Crippen molar-refractivity contribution >= 4 is 11.9 Å². The predicted molar refractivity (Wildman–Crippen MR) is 88.0 cm³/mol. The summed E-state index contributed by atoms with van der Waals surface area (Å²) in [6.45, 7) is 2.24. The number of benzene rings is 2. The van der Waals surface area contributed by atoms with E-state index in [2.05, 4.69) is 0 Å². The van der Waals surface area contributed by atoms with E-state index < -0.39 is 18.0 Å². The van der Waals surface area contributed by atoms with Gasteiger partial charge in [0.25, 0.3) is 5.91 Å². The molecule has 2 N–H and O–H groups in total. The maximum atomic E-state index is 12.4. The van der Waals surface area contributed by atoms with Gasteiger partial charge in [0.1, 0.15) is 0 Å². The van der Waals surface area contributed by atoms with Crippen molar-refractivity contribution in [2.45, 2.75) is 13.0 Å². The Morgan fingerprint density at radius 1 is 1.08 bits per heavy atom. The third kappa shape index (κ3) is 4.04. The van der Waals surface area contributed by atoms with E-state index in [0.29, 0.717) is 23.7 Å². The van der Waals surface area contributed by atoms with Gasteiger partial charge in [-0.3, -0.25) is 4.79 Å². The lowest BCUT2D eigenvalue weighted by Gasteiger charge is -2.16. The predicted octanol–water partition coefficient (Wildman–Crippen LogP) is 2.48. The zero-order chi connectivity index (χ0) is 17.5. The number of primary amides is 1. The minimum absolute atomic E-state index is 0.237. The van der Waals surface area contributed by atoms with Crippen LogP contribution in [-0.2, 0) is 9.53 Å². The first-order valence-electron chi connectivity index (χ1n) is 7.43. The summed E-state index contributed by atoms with van der Waals surface area (Å²) in [4.78, 5) is 24.0. The van der Waals surface area contributed by atoms with E-state index in [0.717, 1.165) is 0 Å². The Hall–Kier alpha value is -3.02. The van der Waals surface area contributed by atoms with Gasteiger partial charge in [0, 0.05) is 5.56 Å². The number of nitrogens with two attached hydrogens (primary N) is 1. The van der Waals surface area contributed by atoms with Crippen molar-refractivity contribution in [1.82, 2.24) is 0 Å². The zero-order valence-electron chi connectivity index (χ0n) is 13.5. The second-order valence-electron chi connectivity index (χ2n) is 4.90. The van der Waals surface area contributed by atoms with E-state index in [9.17, 15) is 9.59 Å². The summed E-state index contributed by atoms with van der Waals surface area (Å²) in [6.07, 6.45) is -1.16. The van der Waals surface area contributed by atoms with Crippen molar-refractivity contribution in [3.8, 4) is 11.5 Å². The van der Waals surface area contributed by atoms with Gasteiger partial charge in [0.15, 0.2) is 11.5 Å². The van der Waals surface area contributed by atoms with Gasteiger partial charge in [-0.1, -0.05) is 30.3 Å². The van der Waals surface area contributed by atoms with Crippen LogP contribution in [0.25, 0.3) is 0 Å². The lowest BCUT2D eigenvalue weighted by atomic mass is 10.1. The Balaban J connectivity index is 2.24. The molecule has 24 heavy (non-hydrogen) atoms. The van der Waals surface area contributed by atoms with Crippen LogP contribution in [0.4, 0.5) is 0 Å². The minimum atomic E-state index is -1.16. The lowest BCUT2D eigenvalue weighted by molar-refractivity contribution is -0.127. The summed E-state index contributed by atoms with van der Waals surface area (Å²) >= 11 is 0. The van der Waals surface area contributed by atoms with Crippen molar-refractivity contribution in [2.75, 3.05) is 13.7 Å². The molecule has 1 atom stereocenters. The van der Waals surface area contributed by atoms with Crippen LogP contribution in [0, 0.1) is 0 Å².